The Balaban J connectivity index is 1.50. The first-order valence-corrected chi connectivity index (χ1v) is 8.93. The van der Waals surface area contributed by atoms with Crippen molar-refractivity contribution in [3.8, 4) is 5.75 Å². The minimum atomic E-state index is -0.570. The number of carbonyl (C=O) groups is 2. The maximum atomic E-state index is 12.2. The van der Waals surface area contributed by atoms with E-state index in [1.807, 2.05) is 55.5 Å². The fourth-order valence-corrected chi connectivity index (χ4v) is 2.92. The van der Waals surface area contributed by atoms with Crippen LogP contribution in [0.25, 0.3) is 0 Å². The van der Waals surface area contributed by atoms with Gasteiger partial charge in [-0.3, -0.25) is 9.59 Å². The summed E-state index contributed by atoms with van der Waals surface area (Å²) in [6, 6.07) is 15.3. The van der Waals surface area contributed by atoms with Crippen LogP contribution in [-0.4, -0.2) is 24.5 Å². The molecule has 2 aromatic carbocycles. The Kier molecular flexibility index (Phi) is 5.56. The second-order valence-corrected chi connectivity index (χ2v) is 6.61. The van der Waals surface area contributed by atoms with Gasteiger partial charge in [0, 0.05) is 25.2 Å². The van der Waals surface area contributed by atoms with E-state index >= 15 is 0 Å². The molecule has 136 valence electrons. The number of amides is 2. The van der Waals surface area contributed by atoms with Crippen molar-refractivity contribution in [2.45, 2.75) is 39.3 Å². The molecule has 1 aliphatic heterocycles. The van der Waals surface area contributed by atoms with E-state index in [1.165, 1.54) is 0 Å². The van der Waals surface area contributed by atoms with Crippen LogP contribution in [-0.2, 0) is 16.1 Å². The van der Waals surface area contributed by atoms with Crippen LogP contribution < -0.4 is 15.0 Å². The van der Waals surface area contributed by atoms with E-state index in [1.54, 1.807) is 11.8 Å². The third-order valence-corrected chi connectivity index (χ3v) is 4.49. The summed E-state index contributed by atoms with van der Waals surface area (Å²) in [7, 11) is 0. The third kappa shape index (κ3) is 4.42. The molecule has 2 amide bonds. The lowest BCUT2D eigenvalue weighted by atomic mass is 10.2. The third-order valence-electron chi connectivity index (χ3n) is 4.49. The molecule has 1 heterocycles. The zero-order valence-corrected chi connectivity index (χ0v) is 15.2. The molecular weight excluding hydrogens is 328 g/mol. The van der Waals surface area contributed by atoms with Crippen LogP contribution in [0.1, 0.15) is 30.9 Å². The van der Waals surface area contributed by atoms with Gasteiger partial charge in [-0.2, -0.15) is 0 Å². The smallest absolute Gasteiger partial charge is 0.261 e. The van der Waals surface area contributed by atoms with E-state index in [0.29, 0.717) is 18.7 Å². The summed E-state index contributed by atoms with van der Waals surface area (Å²) in [6.07, 6.45) is 0.964. The summed E-state index contributed by atoms with van der Waals surface area (Å²) < 4.78 is 5.66. The maximum Gasteiger partial charge on any atom is 0.261 e. The highest BCUT2D eigenvalue weighted by Crippen LogP contribution is 2.21. The number of nitrogens with zero attached hydrogens (tertiary/aromatic N) is 1. The Morgan fingerprint density at radius 3 is 2.46 bits per heavy atom. The molecule has 0 radical (unpaired) electrons. The molecule has 0 unspecified atom stereocenters. The molecule has 3 rings (SSSR count). The summed E-state index contributed by atoms with van der Waals surface area (Å²) in [5, 5.41) is 2.88. The summed E-state index contributed by atoms with van der Waals surface area (Å²) in [4.78, 5) is 25.8. The van der Waals surface area contributed by atoms with Gasteiger partial charge in [0.05, 0.1) is 0 Å². The molecule has 1 atom stereocenters. The second-order valence-electron chi connectivity index (χ2n) is 6.61. The van der Waals surface area contributed by atoms with Crippen molar-refractivity contribution in [1.82, 2.24) is 5.32 Å². The standard InChI is InChI=1S/C21H24N2O3/c1-15-5-11-19(12-6-15)26-16(2)21(25)22-14-17-7-9-18(10-8-17)23-13-3-4-20(23)24/h5-12,16H,3-4,13-14H2,1-2H3,(H,22,25)/t16-/m1/s1. The monoisotopic (exact) mass is 352 g/mol. The SMILES string of the molecule is Cc1ccc(O[C@H](C)C(=O)NCc2ccc(N3CCCC3=O)cc2)cc1. The van der Waals surface area contributed by atoms with E-state index in [0.717, 1.165) is 29.8 Å². The van der Waals surface area contributed by atoms with Crippen LogP contribution in [0.15, 0.2) is 48.5 Å². The molecule has 1 N–H and O–H groups in total. The normalized spacial score (nSPS) is 15.0. The molecule has 1 fully saturated rings. The zero-order valence-electron chi connectivity index (χ0n) is 15.2. The minimum Gasteiger partial charge on any atom is -0.481 e. The molecule has 1 saturated heterocycles. The van der Waals surface area contributed by atoms with Crippen LogP contribution in [0.3, 0.4) is 0 Å². The number of benzene rings is 2. The average molecular weight is 352 g/mol. The van der Waals surface area contributed by atoms with E-state index in [-0.39, 0.29) is 11.8 Å². The van der Waals surface area contributed by atoms with Gasteiger partial charge in [0.25, 0.3) is 5.91 Å². The van der Waals surface area contributed by atoms with Gasteiger partial charge in [-0.1, -0.05) is 29.8 Å². The Bertz CT molecular complexity index is 769. The Labute approximate surface area is 154 Å². The van der Waals surface area contributed by atoms with Crippen molar-refractivity contribution < 1.29 is 14.3 Å². The van der Waals surface area contributed by atoms with Crippen LogP contribution in [0.2, 0.25) is 0 Å². The van der Waals surface area contributed by atoms with E-state index in [2.05, 4.69) is 5.32 Å². The predicted molar refractivity (Wildman–Crippen MR) is 101 cm³/mol. The van der Waals surface area contributed by atoms with Crippen molar-refractivity contribution in [2.75, 3.05) is 11.4 Å². The van der Waals surface area contributed by atoms with Gasteiger partial charge < -0.3 is 15.0 Å². The highest BCUT2D eigenvalue weighted by Gasteiger charge is 2.21. The van der Waals surface area contributed by atoms with Crippen LogP contribution in [0, 0.1) is 6.92 Å². The zero-order chi connectivity index (χ0) is 18.5. The van der Waals surface area contributed by atoms with Gasteiger partial charge in [-0.15, -0.1) is 0 Å². The van der Waals surface area contributed by atoms with E-state index < -0.39 is 6.10 Å². The molecule has 5 nitrogen and oxygen atoms in total. The van der Waals surface area contributed by atoms with Crippen molar-refractivity contribution in [3.63, 3.8) is 0 Å². The van der Waals surface area contributed by atoms with Crippen molar-refractivity contribution >= 4 is 17.5 Å². The minimum absolute atomic E-state index is 0.163. The number of hydrogen-bond donors (Lipinski definition) is 1. The number of anilines is 1. The molecule has 5 heteroatoms. The molecule has 2 aromatic rings. The molecule has 0 aliphatic carbocycles. The molecule has 1 aliphatic rings. The predicted octanol–water partition coefficient (Wildman–Crippen LogP) is 3.21. The second kappa shape index (κ2) is 8.04. The summed E-state index contributed by atoms with van der Waals surface area (Å²) in [5.74, 6) is 0.690. The topological polar surface area (TPSA) is 58.6 Å². The van der Waals surface area contributed by atoms with Gasteiger partial charge in [0.1, 0.15) is 5.75 Å². The molecule has 0 bridgehead atoms. The molecule has 26 heavy (non-hydrogen) atoms. The van der Waals surface area contributed by atoms with Crippen molar-refractivity contribution in [1.29, 1.82) is 0 Å². The van der Waals surface area contributed by atoms with Gasteiger partial charge in [-0.25, -0.2) is 0 Å². The van der Waals surface area contributed by atoms with Gasteiger partial charge in [0.15, 0.2) is 6.10 Å². The summed E-state index contributed by atoms with van der Waals surface area (Å²) >= 11 is 0. The average Bonchev–Trinajstić information content (AvgIpc) is 3.08. The first-order valence-electron chi connectivity index (χ1n) is 8.93. The Hall–Kier alpha value is -2.82. The number of aryl methyl sites for hydroxylation is 1. The number of carbonyl (C=O) groups excluding carboxylic acids is 2. The van der Waals surface area contributed by atoms with Gasteiger partial charge in [-0.05, 0) is 50.1 Å². The van der Waals surface area contributed by atoms with Gasteiger partial charge in [0.2, 0.25) is 5.91 Å². The largest absolute Gasteiger partial charge is 0.481 e. The van der Waals surface area contributed by atoms with Crippen LogP contribution >= 0.6 is 0 Å². The lowest BCUT2D eigenvalue weighted by Crippen LogP contribution is -2.35. The number of ether oxygens (including phenoxy) is 1. The lowest BCUT2D eigenvalue weighted by molar-refractivity contribution is -0.127. The van der Waals surface area contributed by atoms with Crippen LogP contribution in [0.5, 0.6) is 5.75 Å². The molecular formula is C21H24N2O3. The fraction of sp³-hybridized carbons (Fsp3) is 0.333. The molecule has 0 saturated carbocycles. The first kappa shape index (κ1) is 18.0. The number of nitrogens with one attached hydrogen (secondary N) is 1. The van der Waals surface area contributed by atoms with Gasteiger partial charge >= 0.3 is 0 Å². The molecule has 0 aromatic heterocycles. The lowest BCUT2D eigenvalue weighted by Gasteiger charge is -2.17. The quantitative estimate of drug-likeness (QED) is 0.868. The highest BCUT2D eigenvalue weighted by molar-refractivity contribution is 5.95. The Morgan fingerprint density at radius 2 is 1.85 bits per heavy atom. The maximum absolute atomic E-state index is 12.2. The molecule has 0 spiro atoms. The highest BCUT2D eigenvalue weighted by atomic mass is 16.5. The van der Waals surface area contributed by atoms with E-state index in [4.69, 9.17) is 4.74 Å². The first-order chi connectivity index (χ1) is 12.5. The van der Waals surface area contributed by atoms with E-state index in [9.17, 15) is 9.59 Å². The number of hydrogen-bond acceptors (Lipinski definition) is 3. The number of rotatable bonds is 6. The van der Waals surface area contributed by atoms with Crippen molar-refractivity contribution in [3.05, 3.63) is 59.7 Å². The summed E-state index contributed by atoms with van der Waals surface area (Å²) in [5.41, 5.74) is 3.04. The fourth-order valence-electron chi connectivity index (χ4n) is 2.92. The Morgan fingerprint density at radius 1 is 1.15 bits per heavy atom. The summed E-state index contributed by atoms with van der Waals surface area (Å²) in [6.45, 7) is 4.94. The van der Waals surface area contributed by atoms with Crippen molar-refractivity contribution in [2.24, 2.45) is 0 Å². The van der Waals surface area contributed by atoms with Crippen LogP contribution in [0.4, 0.5) is 5.69 Å².